The van der Waals surface area contributed by atoms with Gasteiger partial charge in [0.05, 0.1) is 0 Å². The van der Waals surface area contributed by atoms with E-state index in [0.717, 1.165) is 17.8 Å². The molecule has 1 heterocycles. The van der Waals surface area contributed by atoms with Crippen LogP contribution in [0.15, 0.2) is 24.3 Å². The SMILES string of the molecule is CCn1nc(C(=O)NCc2ccc(F)cc2F)cc1C. The van der Waals surface area contributed by atoms with Crippen LogP contribution in [-0.2, 0) is 13.1 Å². The molecule has 1 N–H and O–H groups in total. The molecule has 0 aliphatic carbocycles. The molecule has 0 saturated heterocycles. The highest BCUT2D eigenvalue weighted by Gasteiger charge is 2.12. The summed E-state index contributed by atoms with van der Waals surface area (Å²) >= 11 is 0. The van der Waals surface area contributed by atoms with Crippen LogP contribution in [0.3, 0.4) is 0 Å². The lowest BCUT2D eigenvalue weighted by Crippen LogP contribution is -2.24. The number of amides is 1. The van der Waals surface area contributed by atoms with Crippen molar-refractivity contribution in [1.82, 2.24) is 15.1 Å². The first-order valence-corrected chi connectivity index (χ1v) is 6.28. The number of carbonyl (C=O) groups is 1. The topological polar surface area (TPSA) is 46.9 Å². The Bertz CT molecular complexity index is 637. The van der Waals surface area contributed by atoms with Gasteiger partial charge in [0.1, 0.15) is 17.3 Å². The number of aryl methyl sites for hydroxylation is 2. The molecular formula is C14H15F2N3O. The van der Waals surface area contributed by atoms with Crippen LogP contribution < -0.4 is 5.32 Å². The Hall–Kier alpha value is -2.24. The summed E-state index contributed by atoms with van der Waals surface area (Å²) in [6.07, 6.45) is 0. The van der Waals surface area contributed by atoms with Gasteiger partial charge in [0, 0.05) is 30.4 Å². The van der Waals surface area contributed by atoms with Crippen LogP contribution in [0.4, 0.5) is 8.78 Å². The van der Waals surface area contributed by atoms with Gasteiger partial charge in [-0.15, -0.1) is 0 Å². The normalized spacial score (nSPS) is 10.6. The van der Waals surface area contributed by atoms with Crippen molar-refractivity contribution in [2.75, 3.05) is 0 Å². The third-order valence-corrected chi connectivity index (χ3v) is 2.97. The monoisotopic (exact) mass is 279 g/mol. The highest BCUT2D eigenvalue weighted by molar-refractivity contribution is 5.92. The van der Waals surface area contributed by atoms with E-state index in [1.807, 2.05) is 13.8 Å². The van der Waals surface area contributed by atoms with Gasteiger partial charge in [-0.3, -0.25) is 9.48 Å². The Morgan fingerprint density at radius 3 is 2.70 bits per heavy atom. The van der Waals surface area contributed by atoms with E-state index in [-0.39, 0.29) is 23.7 Å². The first kappa shape index (κ1) is 14.2. The first-order valence-electron chi connectivity index (χ1n) is 6.28. The van der Waals surface area contributed by atoms with Gasteiger partial charge in [0.25, 0.3) is 5.91 Å². The Morgan fingerprint density at radius 1 is 1.35 bits per heavy atom. The van der Waals surface area contributed by atoms with Gasteiger partial charge in [-0.1, -0.05) is 6.07 Å². The van der Waals surface area contributed by atoms with E-state index < -0.39 is 11.6 Å². The summed E-state index contributed by atoms with van der Waals surface area (Å²) in [5.41, 5.74) is 1.39. The summed E-state index contributed by atoms with van der Waals surface area (Å²) in [6.45, 7) is 4.44. The lowest BCUT2D eigenvalue weighted by atomic mass is 10.2. The molecule has 0 atom stereocenters. The van der Waals surface area contributed by atoms with Gasteiger partial charge < -0.3 is 5.32 Å². The third kappa shape index (κ3) is 3.01. The summed E-state index contributed by atoms with van der Waals surface area (Å²) in [5, 5.41) is 6.69. The molecule has 0 radical (unpaired) electrons. The standard InChI is InChI=1S/C14H15F2N3O/c1-3-19-9(2)6-13(18-19)14(20)17-8-10-4-5-11(15)7-12(10)16/h4-7H,3,8H2,1-2H3,(H,17,20). The molecule has 0 unspecified atom stereocenters. The second-order valence-electron chi connectivity index (χ2n) is 4.41. The van der Waals surface area contributed by atoms with Crippen LogP contribution >= 0.6 is 0 Å². The molecule has 6 heteroatoms. The molecule has 0 bridgehead atoms. The van der Waals surface area contributed by atoms with Crippen molar-refractivity contribution in [2.45, 2.75) is 26.9 Å². The summed E-state index contributed by atoms with van der Waals surface area (Å²) in [4.78, 5) is 11.9. The zero-order valence-electron chi connectivity index (χ0n) is 11.3. The van der Waals surface area contributed by atoms with Crippen LogP contribution in [0, 0.1) is 18.6 Å². The fourth-order valence-corrected chi connectivity index (χ4v) is 1.87. The summed E-state index contributed by atoms with van der Waals surface area (Å²) < 4.78 is 27.9. The van der Waals surface area contributed by atoms with E-state index in [0.29, 0.717) is 6.54 Å². The average Bonchev–Trinajstić information content (AvgIpc) is 2.79. The minimum Gasteiger partial charge on any atom is -0.346 e. The van der Waals surface area contributed by atoms with Crippen LogP contribution in [0.5, 0.6) is 0 Å². The predicted octanol–water partition coefficient (Wildman–Crippen LogP) is 2.42. The van der Waals surface area contributed by atoms with Crippen molar-refractivity contribution < 1.29 is 13.6 Å². The zero-order valence-corrected chi connectivity index (χ0v) is 11.3. The molecule has 106 valence electrons. The molecule has 0 aliphatic heterocycles. The maximum absolute atomic E-state index is 13.4. The van der Waals surface area contributed by atoms with Crippen molar-refractivity contribution in [1.29, 1.82) is 0 Å². The maximum atomic E-state index is 13.4. The van der Waals surface area contributed by atoms with Crippen molar-refractivity contribution in [3.8, 4) is 0 Å². The van der Waals surface area contributed by atoms with E-state index in [4.69, 9.17) is 0 Å². The number of nitrogens with one attached hydrogen (secondary N) is 1. The molecule has 0 aliphatic rings. The van der Waals surface area contributed by atoms with Gasteiger partial charge in [-0.05, 0) is 26.0 Å². The van der Waals surface area contributed by atoms with Gasteiger partial charge in [0.15, 0.2) is 0 Å². The van der Waals surface area contributed by atoms with Crippen molar-refractivity contribution in [3.05, 3.63) is 52.9 Å². The largest absolute Gasteiger partial charge is 0.346 e. The molecule has 20 heavy (non-hydrogen) atoms. The van der Waals surface area contributed by atoms with E-state index in [1.165, 1.54) is 6.07 Å². The lowest BCUT2D eigenvalue weighted by Gasteiger charge is -2.05. The number of nitrogens with zero attached hydrogens (tertiary/aromatic N) is 2. The Morgan fingerprint density at radius 2 is 2.10 bits per heavy atom. The minimum absolute atomic E-state index is 0.0109. The molecule has 0 spiro atoms. The second kappa shape index (κ2) is 5.81. The fourth-order valence-electron chi connectivity index (χ4n) is 1.87. The molecule has 0 saturated carbocycles. The van der Waals surface area contributed by atoms with E-state index >= 15 is 0 Å². The quantitative estimate of drug-likeness (QED) is 0.934. The van der Waals surface area contributed by atoms with Crippen molar-refractivity contribution >= 4 is 5.91 Å². The number of hydrogen-bond donors (Lipinski definition) is 1. The van der Waals surface area contributed by atoms with E-state index in [9.17, 15) is 13.6 Å². The highest BCUT2D eigenvalue weighted by Crippen LogP contribution is 2.09. The smallest absolute Gasteiger partial charge is 0.272 e. The number of carbonyl (C=O) groups excluding carboxylic acids is 1. The fraction of sp³-hybridized carbons (Fsp3) is 0.286. The molecule has 1 amide bonds. The Kier molecular flexibility index (Phi) is 4.12. The Labute approximate surface area is 115 Å². The molecule has 2 rings (SSSR count). The van der Waals surface area contributed by atoms with Crippen molar-refractivity contribution in [3.63, 3.8) is 0 Å². The summed E-state index contributed by atoms with van der Waals surface area (Å²) in [6, 6.07) is 4.92. The second-order valence-corrected chi connectivity index (χ2v) is 4.41. The Balaban J connectivity index is 2.04. The van der Waals surface area contributed by atoms with Gasteiger partial charge in [-0.2, -0.15) is 5.10 Å². The minimum atomic E-state index is -0.680. The molecule has 4 nitrogen and oxygen atoms in total. The molecule has 1 aromatic carbocycles. The maximum Gasteiger partial charge on any atom is 0.272 e. The van der Waals surface area contributed by atoms with E-state index in [2.05, 4.69) is 10.4 Å². The number of aromatic nitrogens is 2. The average molecular weight is 279 g/mol. The molecule has 2 aromatic rings. The zero-order chi connectivity index (χ0) is 14.7. The molecule has 0 fully saturated rings. The molecular weight excluding hydrogens is 264 g/mol. The van der Waals surface area contributed by atoms with Crippen LogP contribution in [0.1, 0.15) is 28.7 Å². The third-order valence-electron chi connectivity index (χ3n) is 2.97. The summed E-state index contributed by atoms with van der Waals surface area (Å²) in [5.74, 6) is -1.71. The highest BCUT2D eigenvalue weighted by atomic mass is 19.1. The van der Waals surface area contributed by atoms with Crippen LogP contribution in [-0.4, -0.2) is 15.7 Å². The van der Waals surface area contributed by atoms with Crippen LogP contribution in [0.25, 0.3) is 0 Å². The predicted molar refractivity (Wildman–Crippen MR) is 70.2 cm³/mol. The number of halogens is 2. The van der Waals surface area contributed by atoms with Gasteiger partial charge in [-0.25, -0.2) is 8.78 Å². The van der Waals surface area contributed by atoms with Crippen molar-refractivity contribution in [2.24, 2.45) is 0 Å². The van der Waals surface area contributed by atoms with Gasteiger partial charge in [0.2, 0.25) is 0 Å². The number of hydrogen-bond acceptors (Lipinski definition) is 2. The number of benzene rings is 1. The van der Waals surface area contributed by atoms with E-state index in [1.54, 1.807) is 10.7 Å². The number of rotatable bonds is 4. The first-order chi connectivity index (χ1) is 9.51. The van der Waals surface area contributed by atoms with Crippen LogP contribution in [0.2, 0.25) is 0 Å². The summed E-state index contributed by atoms with van der Waals surface area (Å²) in [7, 11) is 0. The molecule has 1 aromatic heterocycles. The lowest BCUT2D eigenvalue weighted by molar-refractivity contribution is 0.0945. The van der Waals surface area contributed by atoms with Gasteiger partial charge >= 0.3 is 0 Å².